The summed E-state index contributed by atoms with van der Waals surface area (Å²) >= 11 is 0. The standard InChI is InChI=1S/C6H8N3/c1-2-3-6-4-7-9-8-5-6/h4H,2-3H2,1H3. The largest absolute Gasteiger partial charge is 0.138 e. The van der Waals surface area contributed by atoms with Crippen molar-refractivity contribution in [1.82, 2.24) is 15.4 Å². The van der Waals surface area contributed by atoms with E-state index in [1.54, 1.807) is 6.20 Å². The maximum absolute atomic E-state index is 3.61. The molecule has 0 amide bonds. The first-order valence-electron chi connectivity index (χ1n) is 2.98. The van der Waals surface area contributed by atoms with Gasteiger partial charge in [0, 0.05) is 5.56 Å². The lowest BCUT2D eigenvalue weighted by Gasteiger charge is -1.90. The molecule has 0 bridgehead atoms. The van der Waals surface area contributed by atoms with E-state index in [4.69, 9.17) is 0 Å². The number of aryl methyl sites for hydroxylation is 1. The lowest BCUT2D eigenvalue weighted by molar-refractivity contribution is 0.811. The van der Waals surface area contributed by atoms with Crippen LogP contribution in [0.5, 0.6) is 0 Å². The van der Waals surface area contributed by atoms with Gasteiger partial charge < -0.3 is 0 Å². The van der Waals surface area contributed by atoms with E-state index in [0.29, 0.717) is 0 Å². The summed E-state index contributed by atoms with van der Waals surface area (Å²) < 4.78 is 0. The fourth-order valence-corrected chi connectivity index (χ4v) is 0.627. The van der Waals surface area contributed by atoms with E-state index in [1.807, 2.05) is 0 Å². The van der Waals surface area contributed by atoms with E-state index < -0.39 is 0 Å². The van der Waals surface area contributed by atoms with Gasteiger partial charge in [-0.3, -0.25) is 0 Å². The van der Waals surface area contributed by atoms with Crippen molar-refractivity contribution in [3.8, 4) is 0 Å². The summed E-state index contributed by atoms with van der Waals surface area (Å²) in [6.45, 7) is 2.11. The Morgan fingerprint density at radius 3 is 3.11 bits per heavy atom. The second-order valence-electron chi connectivity index (χ2n) is 1.82. The van der Waals surface area contributed by atoms with E-state index in [0.717, 1.165) is 18.4 Å². The average Bonchev–Trinajstić information content (AvgIpc) is 1.91. The van der Waals surface area contributed by atoms with Crippen molar-refractivity contribution in [3.05, 3.63) is 18.0 Å². The lowest BCUT2D eigenvalue weighted by Crippen LogP contribution is -1.90. The molecule has 1 radical (unpaired) electrons. The number of aromatic nitrogens is 3. The Hall–Kier alpha value is -0.990. The monoisotopic (exact) mass is 122 g/mol. The molecule has 0 N–H and O–H groups in total. The predicted octanol–water partition coefficient (Wildman–Crippen LogP) is 0.624. The fraction of sp³-hybridized carbons (Fsp3) is 0.500. The van der Waals surface area contributed by atoms with Gasteiger partial charge in [-0.15, -0.1) is 10.2 Å². The molecule has 9 heavy (non-hydrogen) atoms. The van der Waals surface area contributed by atoms with Crippen LogP contribution in [0.1, 0.15) is 18.9 Å². The van der Waals surface area contributed by atoms with Crippen molar-refractivity contribution in [2.45, 2.75) is 19.8 Å². The Morgan fingerprint density at radius 1 is 1.67 bits per heavy atom. The molecule has 0 fully saturated rings. The molecule has 1 rings (SSSR count). The van der Waals surface area contributed by atoms with Crippen LogP contribution >= 0.6 is 0 Å². The summed E-state index contributed by atoms with van der Waals surface area (Å²) in [5, 5.41) is 10.5. The average molecular weight is 122 g/mol. The topological polar surface area (TPSA) is 38.7 Å². The maximum Gasteiger partial charge on any atom is 0.120 e. The Labute approximate surface area is 54.1 Å². The highest BCUT2D eigenvalue weighted by Crippen LogP contribution is 1.94. The minimum absolute atomic E-state index is 0.989. The van der Waals surface area contributed by atoms with Gasteiger partial charge in [0.15, 0.2) is 0 Å². The molecule has 0 saturated carbocycles. The Kier molecular flexibility index (Phi) is 2.13. The maximum atomic E-state index is 3.61. The second-order valence-corrected chi connectivity index (χ2v) is 1.82. The lowest BCUT2D eigenvalue weighted by atomic mass is 10.2. The van der Waals surface area contributed by atoms with Crippen molar-refractivity contribution in [2.24, 2.45) is 0 Å². The fourth-order valence-electron chi connectivity index (χ4n) is 0.627. The summed E-state index contributed by atoms with van der Waals surface area (Å²) in [6.07, 6.45) is 6.53. The van der Waals surface area contributed by atoms with E-state index in [2.05, 4.69) is 28.5 Å². The van der Waals surface area contributed by atoms with Crippen LogP contribution in [0, 0.1) is 6.20 Å². The number of rotatable bonds is 2. The minimum Gasteiger partial charge on any atom is -0.138 e. The van der Waals surface area contributed by atoms with Crippen LogP contribution < -0.4 is 0 Å². The molecule has 0 spiro atoms. The first-order valence-corrected chi connectivity index (χ1v) is 2.98. The molecule has 47 valence electrons. The van der Waals surface area contributed by atoms with Gasteiger partial charge in [-0.05, 0) is 11.6 Å². The van der Waals surface area contributed by atoms with Crippen LogP contribution in [0.25, 0.3) is 0 Å². The third kappa shape index (κ3) is 1.76. The molecule has 0 saturated heterocycles. The molecular formula is C6H8N3. The molecule has 0 aliphatic carbocycles. The Bertz CT molecular complexity index is 161. The molecule has 3 heteroatoms. The third-order valence-electron chi connectivity index (χ3n) is 1.02. The molecule has 0 aliphatic heterocycles. The van der Waals surface area contributed by atoms with Crippen molar-refractivity contribution in [1.29, 1.82) is 0 Å². The van der Waals surface area contributed by atoms with Gasteiger partial charge in [-0.2, -0.15) is 0 Å². The highest BCUT2D eigenvalue weighted by atomic mass is 15.3. The normalized spacial score (nSPS) is 9.44. The van der Waals surface area contributed by atoms with Crippen molar-refractivity contribution in [2.75, 3.05) is 0 Å². The summed E-state index contributed by atoms with van der Waals surface area (Å²) in [5.41, 5.74) is 1.03. The van der Waals surface area contributed by atoms with Crippen molar-refractivity contribution >= 4 is 0 Å². The number of hydrogen-bond donors (Lipinski definition) is 0. The molecule has 0 aliphatic rings. The summed E-state index contributed by atoms with van der Waals surface area (Å²) in [6, 6.07) is 0. The third-order valence-corrected chi connectivity index (χ3v) is 1.02. The van der Waals surface area contributed by atoms with Gasteiger partial charge in [-0.1, -0.05) is 13.3 Å². The van der Waals surface area contributed by atoms with E-state index >= 15 is 0 Å². The van der Waals surface area contributed by atoms with E-state index in [9.17, 15) is 0 Å². The van der Waals surface area contributed by atoms with Gasteiger partial charge >= 0.3 is 0 Å². The zero-order chi connectivity index (χ0) is 6.53. The summed E-state index contributed by atoms with van der Waals surface area (Å²) in [4.78, 5) is 0. The summed E-state index contributed by atoms with van der Waals surface area (Å²) in [7, 11) is 0. The minimum atomic E-state index is 0.989. The highest BCUT2D eigenvalue weighted by Gasteiger charge is 1.88. The van der Waals surface area contributed by atoms with Gasteiger partial charge in [0.05, 0.1) is 6.20 Å². The van der Waals surface area contributed by atoms with Crippen LogP contribution in [-0.2, 0) is 6.42 Å². The van der Waals surface area contributed by atoms with Crippen LogP contribution in [-0.4, -0.2) is 15.4 Å². The summed E-state index contributed by atoms with van der Waals surface area (Å²) in [5.74, 6) is 0. The van der Waals surface area contributed by atoms with Gasteiger partial charge in [0.25, 0.3) is 0 Å². The number of hydrogen-bond acceptors (Lipinski definition) is 3. The van der Waals surface area contributed by atoms with E-state index in [1.165, 1.54) is 0 Å². The molecule has 0 atom stereocenters. The van der Waals surface area contributed by atoms with Crippen LogP contribution in [0.2, 0.25) is 0 Å². The number of nitrogens with zero attached hydrogens (tertiary/aromatic N) is 3. The molecule has 3 nitrogen and oxygen atoms in total. The smallest absolute Gasteiger partial charge is 0.120 e. The van der Waals surface area contributed by atoms with Crippen molar-refractivity contribution < 1.29 is 0 Å². The molecule has 0 aromatic carbocycles. The van der Waals surface area contributed by atoms with Gasteiger partial charge in [0.2, 0.25) is 0 Å². The SMILES string of the molecule is CCCc1[c]nnnc1. The van der Waals surface area contributed by atoms with Crippen LogP contribution in [0.4, 0.5) is 0 Å². The zero-order valence-electron chi connectivity index (χ0n) is 5.33. The first-order chi connectivity index (χ1) is 4.43. The molecular weight excluding hydrogens is 114 g/mol. The Balaban J connectivity index is 2.61. The molecule has 1 aromatic heterocycles. The van der Waals surface area contributed by atoms with Gasteiger partial charge in [-0.25, -0.2) is 0 Å². The first kappa shape index (κ1) is 6.13. The van der Waals surface area contributed by atoms with Gasteiger partial charge in [0.1, 0.15) is 6.20 Å². The van der Waals surface area contributed by atoms with Crippen LogP contribution in [0.3, 0.4) is 0 Å². The highest BCUT2D eigenvalue weighted by molar-refractivity contribution is 4.98. The van der Waals surface area contributed by atoms with E-state index in [-0.39, 0.29) is 0 Å². The van der Waals surface area contributed by atoms with Crippen LogP contribution in [0.15, 0.2) is 6.20 Å². The zero-order valence-corrected chi connectivity index (χ0v) is 5.33. The van der Waals surface area contributed by atoms with Crippen molar-refractivity contribution in [3.63, 3.8) is 0 Å². The second kappa shape index (κ2) is 3.12. The Morgan fingerprint density at radius 2 is 2.56 bits per heavy atom. The molecule has 0 unspecified atom stereocenters. The quantitative estimate of drug-likeness (QED) is 0.577. The predicted molar refractivity (Wildman–Crippen MR) is 32.7 cm³/mol. The molecule has 1 heterocycles. The molecule has 1 aromatic rings.